The summed E-state index contributed by atoms with van der Waals surface area (Å²) in [5.74, 6) is 2.05. The highest BCUT2D eigenvalue weighted by atomic mass is 16.5. The van der Waals surface area contributed by atoms with Crippen molar-refractivity contribution >= 4 is 5.91 Å². The van der Waals surface area contributed by atoms with Gasteiger partial charge in [0.1, 0.15) is 0 Å². The van der Waals surface area contributed by atoms with E-state index >= 15 is 0 Å². The lowest BCUT2D eigenvalue weighted by molar-refractivity contribution is -0.858. The highest BCUT2D eigenvalue weighted by Crippen LogP contribution is 2.37. The minimum atomic E-state index is -0.0377. The second kappa shape index (κ2) is 10.4. The smallest absolute Gasteiger partial charge is 0.220 e. The lowest BCUT2D eigenvalue weighted by atomic mass is 9.75. The number of nitrogens with one attached hydrogen (secondary N) is 2. The molecule has 0 aromatic rings. The quantitative estimate of drug-likeness (QED) is 0.599. The molecule has 1 aliphatic heterocycles. The van der Waals surface area contributed by atoms with Crippen LogP contribution in [0.4, 0.5) is 0 Å². The monoisotopic (exact) mass is 341 g/mol. The Balaban J connectivity index is 2.50. The maximum Gasteiger partial charge on any atom is 0.220 e. The summed E-state index contributed by atoms with van der Waals surface area (Å²) in [5.41, 5.74) is -0.0377. The second-order valence-electron chi connectivity index (χ2n) is 8.96. The molecule has 1 fully saturated rings. The Labute approximate surface area is 149 Å². The molecule has 0 aromatic heterocycles. The fourth-order valence-corrected chi connectivity index (χ4v) is 3.71. The van der Waals surface area contributed by atoms with Gasteiger partial charge in [-0.2, -0.15) is 0 Å². The summed E-state index contributed by atoms with van der Waals surface area (Å²) in [7, 11) is 4.30. The summed E-state index contributed by atoms with van der Waals surface area (Å²) in [6.07, 6.45) is 6.28. The summed E-state index contributed by atoms with van der Waals surface area (Å²) in [6.45, 7) is 11.7. The van der Waals surface area contributed by atoms with Crippen LogP contribution in [0.15, 0.2) is 0 Å². The van der Waals surface area contributed by atoms with E-state index in [2.05, 4.69) is 47.1 Å². The van der Waals surface area contributed by atoms with Crippen molar-refractivity contribution in [3.63, 3.8) is 0 Å². The lowest BCUT2D eigenvalue weighted by Crippen LogP contribution is -3.05. The summed E-state index contributed by atoms with van der Waals surface area (Å²) < 4.78 is 5.88. The number of carbonyl (C=O) groups excluding carboxylic acids is 1. The predicted octanol–water partition coefficient (Wildman–Crippen LogP) is 2.28. The number of ether oxygens (including phenoxy) is 1. The van der Waals surface area contributed by atoms with Crippen molar-refractivity contribution in [3.8, 4) is 0 Å². The van der Waals surface area contributed by atoms with Crippen molar-refractivity contribution in [2.24, 2.45) is 17.8 Å². The van der Waals surface area contributed by atoms with Gasteiger partial charge in [-0.25, -0.2) is 0 Å². The molecule has 1 rings (SSSR count). The molecule has 2 N–H and O–H groups in total. The predicted molar refractivity (Wildman–Crippen MR) is 100 cm³/mol. The molecule has 1 heterocycles. The number of quaternary nitrogens is 1. The van der Waals surface area contributed by atoms with Gasteiger partial charge in [-0.05, 0) is 50.9 Å². The molecule has 0 bridgehead atoms. The first-order chi connectivity index (χ1) is 11.2. The molecule has 0 unspecified atom stereocenters. The van der Waals surface area contributed by atoms with Gasteiger partial charge in [0.05, 0.1) is 26.2 Å². The average Bonchev–Trinajstić information content (AvgIpc) is 2.46. The van der Waals surface area contributed by atoms with Crippen molar-refractivity contribution in [2.45, 2.75) is 71.8 Å². The zero-order valence-corrected chi connectivity index (χ0v) is 16.9. The van der Waals surface area contributed by atoms with Gasteiger partial charge in [0.15, 0.2) is 0 Å². The van der Waals surface area contributed by atoms with E-state index in [1.54, 1.807) is 0 Å². The minimum absolute atomic E-state index is 0.0377. The Morgan fingerprint density at radius 3 is 2.58 bits per heavy atom. The first-order valence-electron chi connectivity index (χ1n) is 9.89. The molecule has 0 spiro atoms. The van der Waals surface area contributed by atoms with Gasteiger partial charge in [-0.15, -0.1) is 0 Å². The van der Waals surface area contributed by atoms with E-state index < -0.39 is 0 Å². The topological polar surface area (TPSA) is 42.8 Å². The zero-order valence-electron chi connectivity index (χ0n) is 16.9. The lowest BCUT2D eigenvalue weighted by Gasteiger charge is -2.39. The standard InChI is InChI=1S/C20H40N2O2/c1-16(2)8-9-17(18-10-13-24-20(3,4)15-18)14-19(23)21-11-7-12-22(5)6/h16-18H,7-15H2,1-6H3,(H,21,23)/p+1/t17-,18+/m1/s1. The zero-order chi connectivity index (χ0) is 18.2. The third kappa shape index (κ3) is 9.03. The fraction of sp³-hybridized carbons (Fsp3) is 0.950. The van der Waals surface area contributed by atoms with Crippen LogP contribution in [0.5, 0.6) is 0 Å². The molecule has 1 aliphatic rings. The van der Waals surface area contributed by atoms with Crippen molar-refractivity contribution in [1.82, 2.24) is 5.32 Å². The molecule has 0 radical (unpaired) electrons. The van der Waals surface area contributed by atoms with Crippen LogP contribution in [0.1, 0.15) is 66.2 Å². The van der Waals surface area contributed by atoms with Crippen LogP contribution in [-0.4, -0.2) is 45.3 Å². The molecule has 142 valence electrons. The van der Waals surface area contributed by atoms with Crippen molar-refractivity contribution in [3.05, 3.63) is 0 Å². The van der Waals surface area contributed by atoms with E-state index in [-0.39, 0.29) is 11.5 Å². The van der Waals surface area contributed by atoms with Crippen LogP contribution in [-0.2, 0) is 9.53 Å². The highest BCUT2D eigenvalue weighted by Gasteiger charge is 2.34. The van der Waals surface area contributed by atoms with Crippen LogP contribution >= 0.6 is 0 Å². The minimum Gasteiger partial charge on any atom is -0.376 e. The summed E-state index contributed by atoms with van der Waals surface area (Å²) >= 11 is 0. The Hall–Kier alpha value is -0.610. The molecule has 0 aromatic carbocycles. The van der Waals surface area contributed by atoms with Gasteiger partial charge in [0, 0.05) is 26.0 Å². The molecule has 0 aliphatic carbocycles. The van der Waals surface area contributed by atoms with Gasteiger partial charge < -0.3 is 15.0 Å². The van der Waals surface area contributed by atoms with Gasteiger partial charge in [-0.1, -0.05) is 20.3 Å². The third-order valence-electron chi connectivity index (χ3n) is 5.14. The Kier molecular flexibility index (Phi) is 9.28. The second-order valence-corrected chi connectivity index (χ2v) is 8.96. The van der Waals surface area contributed by atoms with E-state index in [0.717, 1.165) is 45.4 Å². The van der Waals surface area contributed by atoms with Crippen LogP contribution in [0, 0.1) is 17.8 Å². The van der Waals surface area contributed by atoms with Crippen LogP contribution < -0.4 is 10.2 Å². The molecule has 1 saturated heterocycles. The first-order valence-corrected chi connectivity index (χ1v) is 9.89. The first kappa shape index (κ1) is 21.4. The average molecular weight is 342 g/mol. The van der Waals surface area contributed by atoms with E-state index in [9.17, 15) is 4.79 Å². The van der Waals surface area contributed by atoms with Crippen LogP contribution in [0.2, 0.25) is 0 Å². The Morgan fingerprint density at radius 1 is 1.29 bits per heavy atom. The number of carbonyl (C=O) groups is 1. The van der Waals surface area contributed by atoms with Crippen LogP contribution in [0.25, 0.3) is 0 Å². The number of amides is 1. The number of hydrogen-bond acceptors (Lipinski definition) is 2. The van der Waals surface area contributed by atoms with E-state index in [4.69, 9.17) is 4.74 Å². The largest absolute Gasteiger partial charge is 0.376 e. The fourth-order valence-electron chi connectivity index (χ4n) is 3.71. The van der Waals surface area contributed by atoms with Gasteiger partial charge in [0.2, 0.25) is 5.91 Å². The van der Waals surface area contributed by atoms with Gasteiger partial charge in [-0.3, -0.25) is 4.79 Å². The molecule has 4 nitrogen and oxygen atoms in total. The summed E-state index contributed by atoms with van der Waals surface area (Å²) in [5, 5.41) is 3.13. The molecule has 24 heavy (non-hydrogen) atoms. The highest BCUT2D eigenvalue weighted by molar-refractivity contribution is 5.76. The Morgan fingerprint density at radius 2 is 2.00 bits per heavy atom. The molecular weight excluding hydrogens is 300 g/mol. The van der Waals surface area contributed by atoms with Crippen molar-refractivity contribution in [1.29, 1.82) is 0 Å². The maximum atomic E-state index is 12.4. The van der Waals surface area contributed by atoms with Crippen molar-refractivity contribution in [2.75, 3.05) is 33.8 Å². The molecule has 0 saturated carbocycles. The van der Waals surface area contributed by atoms with E-state index in [1.807, 2.05) is 0 Å². The number of rotatable bonds is 10. The number of hydrogen-bond donors (Lipinski definition) is 2. The normalized spacial score (nSPS) is 21.9. The maximum absolute atomic E-state index is 12.4. The van der Waals surface area contributed by atoms with Crippen LogP contribution in [0.3, 0.4) is 0 Å². The summed E-state index contributed by atoms with van der Waals surface area (Å²) in [4.78, 5) is 13.8. The molecule has 2 atom stereocenters. The van der Waals surface area contributed by atoms with E-state index in [0.29, 0.717) is 24.2 Å². The molecule has 1 amide bonds. The third-order valence-corrected chi connectivity index (χ3v) is 5.14. The molecular formula is C20H41N2O2+. The van der Waals surface area contributed by atoms with Gasteiger partial charge >= 0.3 is 0 Å². The van der Waals surface area contributed by atoms with E-state index in [1.165, 1.54) is 11.3 Å². The van der Waals surface area contributed by atoms with Gasteiger partial charge in [0.25, 0.3) is 0 Å². The van der Waals surface area contributed by atoms with Crippen molar-refractivity contribution < 1.29 is 14.4 Å². The molecule has 4 heteroatoms. The summed E-state index contributed by atoms with van der Waals surface area (Å²) in [6, 6.07) is 0. The Bertz CT molecular complexity index is 367. The SMILES string of the molecule is CC(C)CC[C@H](CC(=O)NCCC[NH+](C)C)[C@H]1CCOC(C)(C)C1.